The number of likely N-dealkylation sites (N-methyl/N-ethyl adjacent to an activating group) is 1. The molecule has 0 saturated heterocycles. The summed E-state index contributed by atoms with van der Waals surface area (Å²) in [6.45, 7) is 2.48. The molecule has 2 N–H and O–H groups in total. The minimum atomic E-state index is 0.436. The first-order valence-electron chi connectivity index (χ1n) is 5.17. The molecule has 0 aliphatic heterocycles. The Labute approximate surface area is 102 Å². The number of nitrogens with two attached hydrogens (primary N) is 1. The molecule has 1 aromatic rings. The molecular formula is C11H18N4S. The zero-order chi connectivity index (χ0) is 12.0. The number of rotatable bonds is 5. The van der Waals surface area contributed by atoms with Gasteiger partial charge >= 0.3 is 0 Å². The standard InChI is InChI=1S/C11H18N4S/c1-14(2)6-7-15(11(12)16)9-10-4-3-5-13-8-10/h3-5,8H,6-7,9H2,1-2H3,(H2,12,16). The van der Waals surface area contributed by atoms with Crippen molar-refractivity contribution in [3.8, 4) is 0 Å². The van der Waals surface area contributed by atoms with E-state index in [1.165, 1.54) is 0 Å². The van der Waals surface area contributed by atoms with Crippen molar-refractivity contribution >= 4 is 17.3 Å². The minimum Gasteiger partial charge on any atom is -0.376 e. The first-order valence-corrected chi connectivity index (χ1v) is 5.58. The summed E-state index contributed by atoms with van der Waals surface area (Å²) in [6.07, 6.45) is 3.59. The van der Waals surface area contributed by atoms with Gasteiger partial charge in [0.1, 0.15) is 0 Å². The Morgan fingerprint density at radius 1 is 1.44 bits per heavy atom. The first kappa shape index (κ1) is 12.9. The summed E-state index contributed by atoms with van der Waals surface area (Å²) in [4.78, 5) is 8.16. The van der Waals surface area contributed by atoms with E-state index >= 15 is 0 Å². The Bertz CT molecular complexity index is 326. The summed E-state index contributed by atoms with van der Waals surface area (Å²) >= 11 is 5.03. The molecule has 1 heterocycles. The monoisotopic (exact) mass is 238 g/mol. The van der Waals surface area contributed by atoms with Crippen LogP contribution in [-0.4, -0.2) is 47.1 Å². The van der Waals surface area contributed by atoms with Gasteiger partial charge < -0.3 is 15.5 Å². The Morgan fingerprint density at radius 2 is 2.19 bits per heavy atom. The average Bonchev–Trinajstić information content (AvgIpc) is 2.25. The Morgan fingerprint density at radius 3 is 2.69 bits per heavy atom. The van der Waals surface area contributed by atoms with Gasteiger partial charge in [0.25, 0.3) is 0 Å². The van der Waals surface area contributed by atoms with Gasteiger partial charge in [-0.25, -0.2) is 0 Å². The molecule has 0 saturated carbocycles. The number of thiocarbonyl (C=S) groups is 1. The van der Waals surface area contributed by atoms with Crippen molar-refractivity contribution in [2.45, 2.75) is 6.54 Å². The third-order valence-electron chi connectivity index (χ3n) is 2.23. The van der Waals surface area contributed by atoms with E-state index in [0.29, 0.717) is 5.11 Å². The van der Waals surface area contributed by atoms with E-state index in [-0.39, 0.29) is 0 Å². The molecular weight excluding hydrogens is 220 g/mol. The molecule has 0 amide bonds. The minimum absolute atomic E-state index is 0.436. The number of hydrogen-bond acceptors (Lipinski definition) is 3. The molecule has 0 radical (unpaired) electrons. The van der Waals surface area contributed by atoms with Gasteiger partial charge in [-0.2, -0.15) is 0 Å². The second kappa shape index (κ2) is 6.40. The van der Waals surface area contributed by atoms with E-state index in [1.807, 2.05) is 37.3 Å². The van der Waals surface area contributed by atoms with Crippen LogP contribution in [0.1, 0.15) is 5.56 Å². The molecule has 4 nitrogen and oxygen atoms in total. The summed E-state index contributed by atoms with van der Waals surface area (Å²) in [6, 6.07) is 3.94. The molecule has 0 spiro atoms. The Kier molecular flexibility index (Phi) is 5.14. The maximum atomic E-state index is 5.69. The molecule has 0 aromatic carbocycles. The van der Waals surface area contributed by atoms with Crippen LogP contribution in [-0.2, 0) is 6.54 Å². The summed E-state index contributed by atoms with van der Waals surface area (Å²) in [7, 11) is 4.06. The van der Waals surface area contributed by atoms with Crippen LogP contribution in [0.3, 0.4) is 0 Å². The van der Waals surface area contributed by atoms with E-state index in [9.17, 15) is 0 Å². The summed E-state index contributed by atoms with van der Waals surface area (Å²) < 4.78 is 0. The first-order chi connectivity index (χ1) is 7.59. The van der Waals surface area contributed by atoms with Crippen LogP contribution < -0.4 is 5.73 Å². The molecule has 0 atom stereocenters. The molecule has 1 rings (SSSR count). The lowest BCUT2D eigenvalue weighted by Crippen LogP contribution is -2.39. The predicted molar refractivity (Wildman–Crippen MR) is 70.0 cm³/mol. The molecule has 0 bridgehead atoms. The van der Waals surface area contributed by atoms with Crippen molar-refractivity contribution in [1.29, 1.82) is 0 Å². The largest absolute Gasteiger partial charge is 0.376 e. The summed E-state index contributed by atoms with van der Waals surface area (Å²) in [5.74, 6) is 0. The van der Waals surface area contributed by atoms with Gasteiger partial charge in [-0.15, -0.1) is 0 Å². The predicted octanol–water partition coefficient (Wildman–Crippen LogP) is 0.689. The fourth-order valence-electron chi connectivity index (χ4n) is 1.30. The second-order valence-corrected chi connectivity index (χ2v) is 4.34. The second-order valence-electron chi connectivity index (χ2n) is 3.92. The highest BCUT2D eigenvalue weighted by molar-refractivity contribution is 7.80. The van der Waals surface area contributed by atoms with E-state index < -0.39 is 0 Å². The lowest BCUT2D eigenvalue weighted by molar-refractivity contribution is 0.326. The van der Waals surface area contributed by atoms with E-state index in [2.05, 4.69) is 9.88 Å². The van der Waals surface area contributed by atoms with Gasteiger partial charge in [-0.05, 0) is 37.9 Å². The summed E-state index contributed by atoms with van der Waals surface area (Å²) in [5.41, 5.74) is 6.81. The summed E-state index contributed by atoms with van der Waals surface area (Å²) in [5, 5.41) is 0.436. The van der Waals surface area contributed by atoms with Gasteiger partial charge in [-0.3, -0.25) is 4.98 Å². The van der Waals surface area contributed by atoms with E-state index in [1.54, 1.807) is 6.20 Å². The fourth-order valence-corrected chi connectivity index (χ4v) is 1.46. The third-order valence-corrected chi connectivity index (χ3v) is 2.48. The number of nitrogens with zero attached hydrogens (tertiary/aromatic N) is 3. The normalized spacial score (nSPS) is 10.4. The number of aromatic nitrogens is 1. The van der Waals surface area contributed by atoms with Crippen LogP contribution in [0, 0.1) is 0 Å². The van der Waals surface area contributed by atoms with Crippen LogP contribution in [0.4, 0.5) is 0 Å². The quantitative estimate of drug-likeness (QED) is 0.765. The molecule has 0 aliphatic rings. The third kappa shape index (κ3) is 4.55. The van der Waals surface area contributed by atoms with Gasteiger partial charge in [0.05, 0.1) is 0 Å². The number of hydrogen-bond donors (Lipinski definition) is 1. The maximum Gasteiger partial charge on any atom is 0.166 e. The maximum absolute atomic E-state index is 5.69. The highest BCUT2D eigenvalue weighted by atomic mass is 32.1. The zero-order valence-electron chi connectivity index (χ0n) is 9.76. The average molecular weight is 238 g/mol. The molecule has 0 aliphatic carbocycles. The lowest BCUT2D eigenvalue weighted by Gasteiger charge is -2.24. The zero-order valence-corrected chi connectivity index (χ0v) is 10.6. The molecule has 0 unspecified atom stereocenters. The molecule has 5 heteroatoms. The van der Waals surface area contributed by atoms with Gasteiger partial charge in [0.15, 0.2) is 5.11 Å². The van der Waals surface area contributed by atoms with Gasteiger partial charge in [0.2, 0.25) is 0 Å². The Balaban J connectivity index is 2.55. The van der Waals surface area contributed by atoms with Crippen molar-refractivity contribution in [3.63, 3.8) is 0 Å². The molecule has 16 heavy (non-hydrogen) atoms. The van der Waals surface area contributed by atoms with Crippen molar-refractivity contribution < 1.29 is 0 Å². The molecule has 0 fully saturated rings. The van der Waals surface area contributed by atoms with E-state index in [4.69, 9.17) is 18.0 Å². The molecule has 1 aromatic heterocycles. The lowest BCUT2D eigenvalue weighted by atomic mass is 10.2. The van der Waals surface area contributed by atoms with Gasteiger partial charge in [0, 0.05) is 32.0 Å². The van der Waals surface area contributed by atoms with Crippen LogP contribution in [0.5, 0.6) is 0 Å². The highest BCUT2D eigenvalue weighted by Crippen LogP contribution is 2.02. The van der Waals surface area contributed by atoms with Crippen molar-refractivity contribution in [2.24, 2.45) is 5.73 Å². The van der Waals surface area contributed by atoms with Gasteiger partial charge in [-0.1, -0.05) is 6.07 Å². The van der Waals surface area contributed by atoms with Crippen LogP contribution in [0.15, 0.2) is 24.5 Å². The van der Waals surface area contributed by atoms with Crippen LogP contribution >= 0.6 is 12.2 Å². The van der Waals surface area contributed by atoms with Crippen molar-refractivity contribution in [1.82, 2.24) is 14.8 Å². The SMILES string of the molecule is CN(C)CCN(Cc1cccnc1)C(N)=S. The smallest absolute Gasteiger partial charge is 0.166 e. The van der Waals surface area contributed by atoms with Crippen LogP contribution in [0.2, 0.25) is 0 Å². The Hall–Kier alpha value is -1.20. The van der Waals surface area contributed by atoms with Crippen molar-refractivity contribution in [2.75, 3.05) is 27.2 Å². The fraction of sp³-hybridized carbons (Fsp3) is 0.455. The number of pyridine rings is 1. The van der Waals surface area contributed by atoms with Crippen LogP contribution in [0.25, 0.3) is 0 Å². The van der Waals surface area contributed by atoms with E-state index in [0.717, 1.165) is 25.2 Å². The highest BCUT2D eigenvalue weighted by Gasteiger charge is 2.07. The topological polar surface area (TPSA) is 45.4 Å². The molecule has 88 valence electrons. The van der Waals surface area contributed by atoms with Crippen molar-refractivity contribution in [3.05, 3.63) is 30.1 Å².